The molecule has 0 aliphatic carbocycles. The maximum Gasteiger partial charge on any atom is 0.509 e. The van der Waals surface area contributed by atoms with Crippen LogP contribution in [0.4, 0.5) is 12.9 Å². The van der Waals surface area contributed by atoms with Crippen LogP contribution in [0.15, 0.2) is 33.5 Å². The van der Waals surface area contributed by atoms with Gasteiger partial charge in [0.2, 0.25) is 0 Å². The summed E-state index contributed by atoms with van der Waals surface area (Å²) in [6, 6.07) is 4.43. The van der Waals surface area contributed by atoms with Gasteiger partial charge in [0, 0.05) is 11.5 Å². The smallest absolute Gasteiger partial charge is 0.445 e. The fraction of sp³-hybridized carbons (Fsp3) is 0.100. The highest BCUT2D eigenvalue weighted by Crippen LogP contribution is 2.17. The van der Waals surface area contributed by atoms with Crippen LogP contribution in [0.25, 0.3) is 11.0 Å². The van der Waals surface area contributed by atoms with Crippen LogP contribution in [0.1, 0.15) is 5.56 Å². The van der Waals surface area contributed by atoms with E-state index in [2.05, 4.69) is 0 Å². The molecule has 0 aliphatic heterocycles. The topological polar surface area (TPSA) is 30.2 Å². The number of benzene rings is 1. The molecule has 2 rings (SSSR count). The van der Waals surface area contributed by atoms with Crippen molar-refractivity contribution in [3.8, 4) is 0 Å². The number of rotatable bonds is 1. The van der Waals surface area contributed by atoms with Crippen LogP contribution < -0.4 is 11.1 Å². The molecule has 0 saturated heterocycles. The Morgan fingerprint density at radius 3 is 2.50 bits per heavy atom. The number of hydrogen-bond acceptors (Lipinski definition) is 2. The van der Waals surface area contributed by atoms with Gasteiger partial charge in [-0.2, -0.15) is 0 Å². The summed E-state index contributed by atoms with van der Waals surface area (Å²) in [5, 5.41) is 0.517. The zero-order valence-electron chi connectivity index (χ0n) is 8.34. The van der Waals surface area contributed by atoms with E-state index in [0.29, 0.717) is 10.9 Å². The molecule has 6 heteroatoms. The predicted molar refractivity (Wildman–Crippen MR) is 55.9 cm³/mol. The molecule has 2 aromatic rings. The second kappa shape index (κ2) is 3.40. The van der Waals surface area contributed by atoms with Crippen molar-refractivity contribution in [2.75, 3.05) is 0 Å². The van der Waals surface area contributed by atoms with Crippen molar-refractivity contribution in [3.05, 3.63) is 40.2 Å². The maximum absolute atomic E-state index is 12.5. The van der Waals surface area contributed by atoms with Crippen molar-refractivity contribution in [1.82, 2.24) is 0 Å². The van der Waals surface area contributed by atoms with Crippen LogP contribution in [0.3, 0.4) is 0 Å². The van der Waals surface area contributed by atoms with E-state index in [9.17, 15) is 17.7 Å². The minimum absolute atomic E-state index is 0.0262. The van der Waals surface area contributed by atoms with E-state index in [4.69, 9.17) is 4.42 Å². The minimum Gasteiger partial charge on any atom is -0.445 e. The van der Waals surface area contributed by atoms with Crippen molar-refractivity contribution in [2.24, 2.45) is 0 Å². The number of hydrogen-bond donors (Lipinski definition) is 0. The molecule has 0 unspecified atom stereocenters. The lowest BCUT2D eigenvalue weighted by Crippen LogP contribution is -2.33. The van der Waals surface area contributed by atoms with Gasteiger partial charge in [0.15, 0.2) is 0 Å². The Labute approximate surface area is 88.7 Å². The van der Waals surface area contributed by atoms with Gasteiger partial charge in [-0.1, -0.05) is 12.1 Å². The number of aryl methyl sites for hydroxylation is 1. The lowest BCUT2D eigenvalue weighted by atomic mass is 9.80. The molecular weight excluding hydrogens is 220 g/mol. The molecular formula is C10H7BF3O2-. The first-order chi connectivity index (χ1) is 7.38. The molecule has 0 radical (unpaired) electrons. The Kier molecular flexibility index (Phi) is 2.29. The third-order valence-corrected chi connectivity index (χ3v) is 2.35. The Morgan fingerprint density at radius 2 is 1.88 bits per heavy atom. The van der Waals surface area contributed by atoms with Gasteiger partial charge in [-0.15, -0.1) is 5.46 Å². The van der Waals surface area contributed by atoms with E-state index in [1.165, 1.54) is 12.1 Å². The second-order valence-corrected chi connectivity index (χ2v) is 3.58. The van der Waals surface area contributed by atoms with Gasteiger partial charge >= 0.3 is 12.6 Å². The van der Waals surface area contributed by atoms with Crippen LogP contribution in [0.5, 0.6) is 0 Å². The average molecular weight is 227 g/mol. The van der Waals surface area contributed by atoms with Crippen molar-refractivity contribution in [2.45, 2.75) is 6.92 Å². The first-order valence-corrected chi connectivity index (χ1v) is 4.62. The summed E-state index contributed by atoms with van der Waals surface area (Å²) in [4.78, 5) is 11.0. The summed E-state index contributed by atoms with van der Waals surface area (Å²) in [6.45, 7) is -3.42. The summed E-state index contributed by atoms with van der Waals surface area (Å²) >= 11 is 0. The van der Waals surface area contributed by atoms with Gasteiger partial charge in [-0.05, 0) is 18.6 Å². The molecule has 2 nitrogen and oxygen atoms in total. The average Bonchev–Trinajstić information content (AvgIpc) is 2.15. The number of fused-ring (bicyclic) bond motifs is 1. The van der Waals surface area contributed by atoms with E-state index >= 15 is 0 Å². The first-order valence-electron chi connectivity index (χ1n) is 4.62. The molecule has 1 heterocycles. The standard InChI is InChI=1S/C10H7BF3O2/c1-6-4-10(15)16-9-5-7(11(12,13)14)2-3-8(6)9/h2-5H,1H3/q-1. The summed E-state index contributed by atoms with van der Waals surface area (Å²) in [5.74, 6) is 0. The molecule has 0 atom stereocenters. The highest BCUT2D eigenvalue weighted by Gasteiger charge is 2.25. The lowest BCUT2D eigenvalue weighted by molar-refractivity contribution is 0.500. The second-order valence-electron chi connectivity index (χ2n) is 3.58. The van der Waals surface area contributed by atoms with E-state index < -0.39 is 18.1 Å². The molecule has 0 spiro atoms. The summed E-state index contributed by atoms with van der Waals surface area (Å²) in [6.07, 6.45) is 0. The van der Waals surface area contributed by atoms with E-state index in [1.54, 1.807) is 6.92 Å². The summed E-state index contributed by atoms with van der Waals surface area (Å²) < 4.78 is 42.1. The molecule has 84 valence electrons. The molecule has 0 N–H and O–H groups in total. The van der Waals surface area contributed by atoms with Crippen molar-refractivity contribution < 1.29 is 17.4 Å². The highest BCUT2D eigenvalue weighted by molar-refractivity contribution is 6.73. The SMILES string of the molecule is Cc1cc(=O)oc2cc([B-](F)(F)F)ccc12. The zero-order valence-corrected chi connectivity index (χ0v) is 8.34. The maximum atomic E-state index is 12.5. The fourth-order valence-electron chi connectivity index (χ4n) is 1.55. The van der Waals surface area contributed by atoms with Crippen LogP contribution in [-0.2, 0) is 0 Å². The normalized spacial score (nSPS) is 12.0. The van der Waals surface area contributed by atoms with Gasteiger partial charge < -0.3 is 17.4 Å². The van der Waals surface area contributed by atoms with Crippen LogP contribution in [0.2, 0.25) is 0 Å². The van der Waals surface area contributed by atoms with Gasteiger partial charge in [0.25, 0.3) is 0 Å². The van der Waals surface area contributed by atoms with Crippen molar-refractivity contribution in [3.63, 3.8) is 0 Å². The largest absolute Gasteiger partial charge is 0.509 e. The first kappa shape index (κ1) is 10.8. The molecule has 0 saturated carbocycles. The van der Waals surface area contributed by atoms with Crippen molar-refractivity contribution >= 4 is 23.4 Å². The third-order valence-electron chi connectivity index (χ3n) is 2.35. The van der Waals surface area contributed by atoms with Crippen LogP contribution in [0, 0.1) is 6.92 Å². The van der Waals surface area contributed by atoms with Crippen LogP contribution >= 0.6 is 0 Å². The van der Waals surface area contributed by atoms with E-state index in [-0.39, 0.29) is 5.58 Å². The third kappa shape index (κ3) is 1.82. The molecule has 0 amide bonds. The minimum atomic E-state index is -5.07. The summed E-state index contributed by atoms with van der Waals surface area (Å²) in [7, 11) is 0. The van der Waals surface area contributed by atoms with Gasteiger partial charge in [0.1, 0.15) is 5.58 Å². The summed E-state index contributed by atoms with van der Waals surface area (Å²) in [5.41, 5.74) is -0.827. The monoisotopic (exact) mass is 227 g/mol. The lowest BCUT2D eigenvalue weighted by Gasteiger charge is -2.14. The van der Waals surface area contributed by atoms with E-state index in [0.717, 1.165) is 12.1 Å². The van der Waals surface area contributed by atoms with Gasteiger partial charge in [-0.3, -0.25) is 0 Å². The molecule has 16 heavy (non-hydrogen) atoms. The Morgan fingerprint density at radius 1 is 1.19 bits per heavy atom. The quantitative estimate of drug-likeness (QED) is 0.551. The molecule has 0 fully saturated rings. The van der Waals surface area contributed by atoms with E-state index in [1.807, 2.05) is 0 Å². The van der Waals surface area contributed by atoms with Crippen LogP contribution in [-0.4, -0.2) is 6.98 Å². The Bertz CT molecular complexity index is 601. The van der Waals surface area contributed by atoms with Gasteiger partial charge in [-0.25, -0.2) is 4.79 Å². The fourth-order valence-corrected chi connectivity index (χ4v) is 1.55. The Balaban J connectivity index is 2.76. The predicted octanol–water partition coefficient (Wildman–Crippen LogP) is 2.16. The van der Waals surface area contributed by atoms with Crippen molar-refractivity contribution in [1.29, 1.82) is 0 Å². The highest BCUT2D eigenvalue weighted by atomic mass is 19.4. The van der Waals surface area contributed by atoms with Gasteiger partial charge in [0.05, 0.1) is 0 Å². The number of halogens is 3. The molecule has 0 bridgehead atoms. The molecule has 1 aromatic carbocycles. The molecule has 1 aromatic heterocycles. The zero-order chi connectivity index (χ0) is 11.9. The molecule has 0 aliphatic rings. The Hall–Kier alpha value is -1.72.